The van der Waals surface area contributed by atoms with E-state index in [1.54, 1.807) is 37.2 Å². The number of hydrogen-bond donors (Lipinski definition) is 1. The van der Waals surface area contributed by atoms with Gasteiger partial charge in [0.2, 0.25) is 0 Å². The topological polar surface area (TPSA) is 114 Å². The number of rotatable bonds is 2. The average molecular weight is 646 g/mol. The maximum Gasteiger partial charge on any atom is 0.339 e. The summed E-state index contributed by atoms with van der Waals surface area (Å²) in [6.45, 7) is 3.90. The van der Waals surface area contributed by atoms with E-state index in [4.69, 9.17) is 11.6 Å². The van der Waals surface area contributed by atoms with Gasteiger partial charge in [-0.05, 0) is 107 Å². The van der Waals surface area contributed by atoms with E-state index in [-0.39, 0.29) is 5.56 Å². The van der Waals surface area contributed by atoms with Crippen molar-refractivity contribution in [1.29, 1.82) is 0 Å². The average Bonchev–Trinajstić information content (AvgIpc) is 2.92. The zero-order valence-corrected chi connectivity index (χ0v) is 25.5. The Kier molecular flexibility index (Phi) is 10.1. The van der Waals surface area contributed by atoms with E-state index < -0.39 is 5.20 Å². The van der Waals surface area contributed by atoms with Crippen LogP contribution in [0.2, 0.25) is 5.15 Å². The van der Waals surface area contributed by atoms with Gasteiger partial charge in [-0.3, -0.25) is 29.3 Å². The molecule has 1 N–H and O–H groups in total. The molecule has 13 heteroatoms. The SMILES string of the molecule is Cc1cc(-c2cc3cc[nH]c(=O)c3cn2)ccn1.Cc1cc(-c2cc3ccnc(Cl)c3cn2)ccn1.O=P(Cl)(Cl)Cl. The number of pyridine rings is 6. The standard InChI is InChI=1S/C14H10ClN3.C14H11N3O.Cl3OP/c1-9-6-11(3-4-16-9)13-7-10-2-5-17-14(15)12(10)8-18-13;1-9-6-11(3-4-15-9)13-7-10-2-5-16-14(18)12(10)8-17-13;1-5(2,3)4/h2-8H,1H3;2-8H,1H3,(H,16,18);. The summed E-state index contributed by atoms with van der Waals surface area (Å²) >= 11 is 19.9. The maximum absolute atomic E-state index is 11.6. The molecule has 6 aromatic heterocycles. The summed E-state index contributed by atoms with van der Waals surface area (Å²) in [5.74, 6) is 0. The van der Waals surface area contributed by atoms with Crippen LogP contribution in [0.25, 0.3) is 44.1 Å². The molecule has 8 nitrogen and oxygen atoms in total. The molecule has 0 spiro atoms. The second-order valence-electron chi connectivity index (χ2n) is 8.63. The molecule has 0 aromatic carbocycles. The van der Waals surface area contributed by atoms with E-state index in [2.05, 4.69) is 63.6 Å². The Labute approximate surface area is 254 Å². The molecule has 0 saturated heterocycles. The molecule has 0 radical (unpaired) electrons. The second kappa shape index (κ2) is 13.5. The first-order chi connectivity index (χ1) is 19.5. The van der Waals surface area contributed by atoms with Crippen molar-refractivity contribution < 1.29 is 4.57 Å². The molecular weight excluding hydrogens is 625 g/mol. The van der Waals surface area contributed by atoms with Gasteiger partial charge in [-0.25, -0.2) is 4.98 Å². The molecule has 0 unspecified atom stereocenters. The molecule has 0 fully saturated rings. The Hall–Kier alpha value is -3.39. The molecule has 208 valence electrons. The lowest BCUT2D eigenvalue weighted by Gasteiger charge is -2.04. The lowest BCUT2D eigenvalue weighted by Crippen LogP contribution is -2.04. The highest BCUT2D eigenvalue weighted by Crippen LogP contribution is 2.61. The predicted molar refractivity (Wildman–Crippen MR) is 168 cm³/mol. The van der Waals surface area contributed by atoms with Crippen LogP contribution in [0, 0.1) is 13.8 Å². The Bertz CT molecular complexity index is 1940. The first kappa shape index (κ1) is 30.6. The van der Waals surface area contributed by atoms with E-state index >= 15 is 0 Å². The van der Waals surface area contributed by atoms with Crippen LogP contribution in [-0.2, 0) is 4.57 Å². The van der Waals surface area contributed by atoms with Crippen LogP contribution in [0.15, 0.2) is 90.5 Å². The highest BCUT2D eigenvalue weighted by atomic mass is 36.0. The van der Waals surface area contributed by atoms with Crippen LogP contribution in [0.1, 0.15) is 11.4 Å². The third-order valence-electron chi connectivity index (χ3n) is 5.64. The van der Waals surface area contributed by atoms with Crippen LogP contribution >= 0.6 is 50.5 Å². The number of H-pyrrole nitrogens is 1. The fraction of sp³-hybridized carbons (Fsp3) is 0.0714. The van der Waals surface area contributed by atoms with Crippen LogP contribution in [-0.4, -0.2) is 29.9 Å². The van der Waals surface area contributed by atoms with E-state index in [1.807, 2.05) is 62.4 Å². The fourth-order valence-corrected chi connectivity index (χ4v) is 4.06. The zero-order valence-electron chi connectivity index (χ0n) is 21.6. The van der Waals surface area contributed by atoms with Crippen LogP contribution in [0.5, 0.6) is 0 Å². The minimum atomic E-state index is -3.22. The summed E-state index contributed by atoms with van der Waals surface area (Å²) in [4.78, 5) is 35.4. The molecule has 6 rings (SSSR count). The lowest BCUT2D eigenvalue weighted by molar-refractivity contribution is 0.600. The van der Waals surface area contributed by atoms with Gasteiger partial charge in [0.05, 0.1) is 16.8 Å². The largest absolute Gasteiger partial charge is 0.339 e. The van der Waals surface area contributed by atoms with Crippen molar-refractivity contribution in [3.63, 3.8) is 0 Å². The van der Waals surface area contributed by atoms with E-state index in [0.29, 0.717) is 10.5 Å². The van der Waals surface area contributed by atoms with Gasteiger partial charge in [0.1, 0.15) is 5.15 Å². The van der Waals surface area contributed by atoms with Gasteiger partial charge in [0, 0.05) is 65.1 Å². The van der Waals surface area contributed by atoms with Gasteiger partial charge in [0.25, 0.3) is 5.56 Å². The molecule has 6 aromatic rings. The van der Waals surface area contributed by atoms with E-state index in [0.717, 1.165) is 50.1 Å². The molecular formula is C28H21Cl4N6O2P. The zero-order chi connectivity index (χ0) is 29.6. The molecule has 41 heavy (non-hydrogen) atoms. The number of fused-ring (bicyclic) bond motifs is 2. The molecule has 0 bridgehead atoms. The van der Waals surface area contributed by atoms with Gasteiger partial charge in [-0.15, -0.1) is 0 Å². The summed E-state index contributed by atoms with van der Waals surface area (Å²) in [5, 5.41) is 0.658. The number of aromatic nitrogens is 6. The Morgan fingerprint density at radius 1 is 0.683 bits per heavy atom. The van der Waals surface area contributed by atoms with Crippen molar-refractivity contribution in [2.24, 2.45) is 0 Å². The van der Waals surface area contributed by atoms with Crippen molar-refractivity contribution in [2.75, 3.05) is 0 Å². The van der Waals surface area contributed by atoms with Crippen LogP contribution in [0.4, 0.5) is 0 Å². The first-order valence-electron chi connectivity index (χ1n) is 11.9. The predicted octanol–water partition coefficient (Wildman–Crippen LogP) is 8.76. The van der Waals surface area contributed by atoms with Gasteiger partial charge >= 0.3 is 5.20 Å². The number of aryl methyl sites for hydroxylation is 2. The van der Waals surface area contributed by atoms with Gasteiger partial charge in [-0.2, -0.15) is 0 Å². The highest BCUT2D eigenvalue weighted by molar-refractivity contribution is 8.24. The van der Waals surface area contributed by atoms with Crippen LogP contribution in [0.3, 0.4) is 0 Å². The van der Waals surface area contributed by atoms with Crippen molar-refractivity contribution in [2.45, 2.75) is 13.8 Å². The third-order valence-corrected chi connectivity index (χ3v) is 5.94. The minimum Gasteiger partial charge on any atom is -0.329 e. The van der Waals surface area contributed by atoms with Gasteiger partial charge < -0.3 is 4.98 Å². The first-order valence-corrected chi connectivity index (χ1v) is 16.7. The molecule has 0 saturated carbocycles. The molecule has 6 heterocycles. The van der Waals surface area contributed by atoms with Crippen LogP contribution < -0.4 is 5.56 Å². The van der Waals surface area contributed by atoms with Gasteiger partial charge in [0.15, 0.2) is 0 Å². The highest BCUT2D eigenvalue weighted by Gasteiger charge is 2.06. The normalized spacial score (nSPS) is 10.9. The number of nitrogens with zero attached hydrogens (tertiary/aromatic N) is 5. The maximum atomic E-state index is 11.6. The summed E-state index contributed by atoms with van der Waals surface area (Å²) in [5.41, 5.74) is 5.62. The lowest BCUT2D eigenvalue weighted by atomic mass is 10.1. The van der Waals surface area contributed by atoms with Crippen molar-refractivity contribution >= 4 is 72.1 Å². The van der Waals surface area contributed by atoms with Crippen molar-refractivity contribution in [3.05, 3.63) is 113 Å². The Morgan fingerprint density at radius 3 is 1.71 bits per heavy atom. The molecule has 0 amide bonds. The molecule has 0 aliphatic rings. The van der Waals surface area contributed by atoms with E-state index in [1.165, 1.54) is 0 Å². The van der Waals surface area contributed by atoms with E-state index in [9.17, 15) is 9.36 Å². The summed E-state index contributed by atoms with van der Waals surface area (Å²) in [6, 6.07) is 15.6. The smallest absolute Gasteiger partial charge is 0.329 e. The number of hydrogen-bond acceptors (Lipinski definition) is 7. The molecule has 0 aliphatic carbocycles. The molecule has 0 atom stereocenters. The summed E-state index contributed by atoms with van der Waals surface area (Å²) in [7, 11) is 0. The molecule has 0 aliphatic heterocycles. The van der Waals surface area contributed by atoms with Crippen molar-refractivity contribution in [1.82, 2.24) is 29.9 Å². The third kappa shape index (κ3) is 8.80. The number of nitrogens with one attached hydrogen (secondary N) is 1. The number of aromatic amines is 1. The van der Waals surface area contributed by atoms with Gasteiger partial charge in [-0.1, -0.05) is 11.6 Å². The quantitative estimate of drug-likeness (QED) is 0.148. The Morgan fingerprint density at radius 2 is 1.17 bits per heavy atom. The fourth-order valence-electron chi connectivity index (χ4n) is 3.84. The minimum absolute atomic E-state index is 0.113. The second-order valence-corrected chi connectivity index (χ2v) is 15.6. The number of halogens is 4. The monoisotopic (exact) mass is 644 g/mol. The summed E-state index contributed by atoms with van der Waals surface area (Å²) < 4.78 is 9.51. The summed E-state index contributed by atoms with van der Waals surface area (Å²) in [6.07, 6.45) is 10.3. The van der Waals surface area contributed by atoms with Crippen molar-refractivity contribution in [3.8, 4) is 22.5 Å². The Balaban J connectivity index is 0.000000163.